The van der Waals surface area contributed by atoms with E-state index in [2.05, 4.69) is 0 Å². The monoisotopic (exact) mass is 230 g/mol. The van der Waals surface area contributed by atoms with Gasteiger partial charge in [0.15, 0.2) is 0 Å². The molecule has 0 aliphatic carbocycles. The van der Waals surface area contributed by atoms with Gasteiger partial charge >= 0.3 is 5.97 Å². The third-order valence-electron chi connectivity index (χ3n) is 2.33. The molecule has 94 valence electrons. The maximum absolute atomic E-state index is 11.7. The Bertz CT molecular complexity index is 231. The number of nitrogens with two attached hydrogens (primary N) is 1. The quantitative estimate of drug-likeness (QED) is 0.617. The zero-order valence-electron chi connectivity index (χ0n) is 10.4. The van der Waals surface area contributed by atoms with Gasteiger partial charge in [0.1, 0.15) is 6.04 Å². The first-order chi connectivity index (χ1) is 7.56. The summed E-state index contributed by atoms with van der Waals surface area (Å²) in [4.78, 5) is 24.3. The highest BCUT2D eigenvalue weighted by Gasteiger charge is 2.26. The molecule has 16 heavy (non-hydrogen) atoms. The van der Waals surface area contributed by atoms with E-state index in [9.17, 15) is 9.59 Å². The van der Waals surface area contributed by atoms with E-state index in [0.29, 0.717) is 19.6 Å². The van der Waals surface area contributed by atoms with Gasteiger partial charge in [-0.1, -0.05) is 20.3 Å². The van der Waals surface area contributed by atoms with E-state index in [-0.39, 0.29) is 18.6 Å². The highest BCUT2D eigenvalue weighted by Crippen LogP contribution is 2.09. The molecule has 1 atom stereocenters. The molecule has 0 rings (SSSR count). The van der Waals surface area contributed by atoms with E-state index in [1.54, 1.807) is 11.8 Å². The van der Waals surface area contributed by atoms with Gasteiger partial charge in [-0.05, 0) is 19.9 Å². The number of likely N-dealkylation sites (N-methyl/N-ethyl adjacent to an activating group) is 1. The number of hydrogen-bond acceptors (Lipinski definition) is 4. The van der Waals surface area contributed by atoms with Gasteiger partial charge < -0.3 is 10.5 Å². The van der Waals surface area contributed by atoms with Crippen LogP contribution in [0.1, 0.15) is 33.6 Å². The molecule has 0 spiro atoms. The number of ether oxygens (including phenoxy) is 1. The zero-order valence-corrected chi connectivity index (χ0v) is 10.4. The van der Waals surface area contributed by atoms with Gasteiger partial charge in [0.25, 0.3) is 0 Å². The summed E-state index contributed by atoms with van der Waals surface area (Å²) in [6.07, 6.45) is 1.54. The average Bonchev–Trinajstić information content (AvgIpc) is 2.23. The normalized spacial score (nSPS) is 12.5. The van der Waals surface area contributed by atoms with E-state index in [0.717, 1.165) is 6.42 Å². The molecule has 1 amide bonds. The molecule has 0 aromatic heterocycles. The molecule has 0 bridgehead atoms. The lowest BCUT2D eigenvalue weighted by atomic mass is 10.1. The molecule has 5 heteroatoms. The van der Waals surface area contributed by atoms with Crippen molar-refractivity contribution in [2.24, 2.45) is 5.73 Å². The summed E-state index contributed by atoms with van der Waals surface area (Å²) in [5, 5.41) is 0. The molecule has 0 heterocycles. The number of hydrogen-bond donors (Lipinski definition) is 1. The Labute approximate surface area is 96.9 Å². The smallest absolute Gasteiger partial charge is 0.323 e. The fourth-order valence-electron chi connectivity index (χ4n) is 1.60. The van der Waals surface area contributed by atoms with Crippen molar-refractivity contribution in [1.29, 1.82) is 0 Å². The molecule has 0 aromatic carbocycles. The Kier molecular flexibility index (Phi) is 7.54. The zero-order chi connectivity index (χ0) is 12.6. The summed E-state index contributed by atoms with van der Waals surface area (Å²) >= 11 is 0. The van der Waals surface area contributed by atoms with Crippen LogP contribution in [-0.4, -0.2) is 42.5 Å². The molecule has 2 N–H and O–H groups in total. The summed E-state index contributed by atoms with van der Waals surface area (Å²) in [5.41, 5.74) is 5.14. The molecule has 0 aliphatic heterocycles. The molecular formula is C11H22N2O3. The predicted octanol–water partition coefficient (Wildman–Crippen LogP) is 0.525. The summed E-state index contributed by atoms with van der Waals surface area (Å²) in [5.74, 6) is -0.695. The van der Waals surface area contributed by atoms with Gasteiger partial charge in [-0.15, -0.1) is 0 Å². The summed E-state index contributed by atoms with van der Waals surface area (Å²) in [6.45, 7) is 6.71. The van der Waals surface area contributed by atoms with Crippen molar-refractivity contribution in [3.63, 3.8) is 0 Å². The van der Waals surface area contributed by atoms with E-state index in [1.807, 2.05) is 13.8 Å². The number of amides is 1. The van der Waals surface area contributed by atoms with E-state index in [1.165, 1.54) is 0 Å². The maximum Gasteiger partial charge on any atom is 0.323 e. The highest BCUT2D eigenvalue weighted by atomic mass is 16.5. The van der Waals surface area contributed by atoms with Gasteiger partial charge in [-0.2, -0.15) is 0 Å². The van der Waals surface area contributed by atoms with Crippen LogP contribution in [0.4, 0.5) is 0 Å². The van der Waals surface area contributed by atoms with Crippen LogP contribution in [-0.2, 0) is 14.3 Å². The van der Waals surface area contributed by atoms with Gasteiger partial charge in [-0.3, -0.25) is 14.5 Å². The number of nitrogens with zero attached hydrogens (tertiary/aromatic N) is 1. The van der Waals surface area contributed by atoms with Crippen molar-refractivity contribution in [2.75, 3.05) is 19.7 Å². The fraction of sp³-hybridized carbons (Fsp3) is 0.818. The van der Waals surface area contributed by atoms with Gasteiger partial charge in [0.05, 0.1) is 13.2 Å². The minimum atomic E-state index is -0.424. The number of carbonyl (C=O) groups excluding carboxylic acids is 2. The van der Waals surface area contributed by atoms with E-state index < -0.39 is 5.91 Å². The maximum atomic E-state index is 11.7. The summed E-state index contributed by atoms with van der Waals surface area (Å²) in [6, 6.07) is -0.359. The molecule has 1 unspecified atom stereocenters. The molecule has 0 aromatic rings. The van der Waals surface area contributed by atoms with Crippen LogP contribution in [0.15, 0.2) is 0 Å². The number of carbonyl (C=O) groups is 2. The Morgan fingerprint density at radius 1 is 1.31 bits per heavy atom. The van der Waals surface area contributed by atoms with Crippen LogP contribution in [0, 0.1) is 0 Å². The molecule has 0 saturated carbocycles. The van der Waals surface area contributed by atoms with Crippen LogP contribution in [0.3, 0.4) is 0 Å². The topological polar surface area (TPSA) is 72.6 Å². The Balaban J connectivity index is 4.56. The van der Waals surface area contributed by atoms with Crippen molar-refractivity contribution in [1.82, 2.24) is 4.90 Å². The Morgan fingerprint density at radius 3 is 2.31 bits per heavy atom. The molecule has 0 radical (unpaired) electrons. The van der Waals surface area contributed by atoms with Crippen LogP contribution in [0.25, 0.3) is 0 Å². The fourth-order valence-corrected chi connectivity index (χ4v) is 1.60. The highest BCUT2D eigenvalue weighted by molar-refractivity contribution is 5.79. The van der Waals surface area contributed by atoms with Gasteiger partial charge in [0.2, 0.25) is 5.91 Å². The number of rotatable bonds is 8. The molecule has 0 saturated heterocycles. The number of primary amides is 1. The second-order valence-electron chi connectivity index (χ2n) is 3.59. The first kappa shape index (κ1) is 14.9. The van der Waals surface area contributed by atoms with Crippen molar-refractivity contribution < 1.29 is 14.3 Å². The molecule has 5 nitrogen and oxygen atoms in total. The Hall–Kier alpha value is -1.10. The SMILES string of the molecule is CCCC(C(=O)OCC)N(CC)CC(N)=O. The van der Waals surface area contributed by atoms with Crippen LogP contribution in [0.2, 0.25) is 0 Å². The van der Waals surface area contributed by atoms with Gasteiger partial charge in [-0.25, -0.2) is 0 Å². The average molecular weight is 230 g/mol. The predicted molar refractivity (Wildman–Crippen MR) is 61.8 cm³/mol. The minimum Gasteiger partial charge on any atom is -0.465 e. The second kappa shape index (κ2) is 8.10. The minimum absolute atomic E-state index is 0.0972. The third kappa shape index (κ3) is 5.11. The van der Waals surface area contributed by atoms with Crippen LogP contribution < -0.4 is 5.73 Å². The number of esters is 1. The summed E-state index contributed by atoms with van der Waals surface area (Å²) < 4.78 is 4.99. The standard InChI is InChI=1S/C11H22N2O3/c1-4-7-9(11(15)16-6-3)13(5-2)8-10(12)14/h9H,4-8H2,1-3H3,(H2,12,14). The van der Waals surface area contributed by atoms with Gasteiger partial charge in [0, 0.05) is 0 Å². The first-order valence-corrected chi connectivity index (χ1v) is 5.75. The lowest BCUT2D eigenvalue weighted by Gasteiger charge is -2.27. The van der Waals surface area contributed by atoms with Crippen LogP contribution >= 0.6 is 0 Å². The first-order valence-electron chi connectivity index (χ1n) is 5.75. The lowest BCUT2D eigenvalue weighted by Crippen LogP contribution is -2.46. The van der Waals surface area contributed by atoms with Crippen molar-refractivity contribution in [3.8, 4) is 0 Å². The molecule has 0 fully saturated rings. The Morgan fingerprint density at radius 2 is 1.94 bits per heavy atom. The largest absolute Gasteiger partial charge is 0.465 e. The summed E-state index contributed by atoms with van der Waals surface area (Å²) in [7, 11) is 0. The molecule has 0 aliphatic rings. The third-order valence-corrected chi connectivity index (χ3v) is 2.33. The van der Waals surface area contributed by atoms with E-state index >= 15 is 0 Å². The van der Waals surface area contributed by atoms with E-state index in [4.69, 9.17) is 10.5 Å². The van der Waals surface area contributed by atoms with Crippen molar-refractivity contribution in [2.45, 2.75) is 39.7 Å². The molecular weight excluding hydrogens is 208 g/mol. The van der Waals surface area contributed by atoms with Crippen molar-refractivity contribution >= 4 is 11.9 Å². The van der Waals surface area contributed by atoms with Crippen molar-refractivity contribution in [3.05, 3.63) is 0 Å². The lowest BCUT2D eigenvalue weighted by molar-refractivity contribution is -0.150. The van der Waals surface area contributed by atoms with Crippen LogP contribution in [0.5, 0.6) is 0 Å². The second-order valence-corrected chi connectivity index (χ2v) is 3.59.